The third-order valence-electron chi connectivity index (χ3n) is 3.03. The average Bonchev–Trinajstić information content (AvgIpc) is 2.35. The number of aromatic carboxylic acids is 1. The van der Waals surface area contributed by atoms with Gasteiger partial charge in [0.25, 0.3) is 5.88 Å². The van der Waals surface area contributed by atoms with Crippen molar-refractivity contribution in [1.82, 2.24) is 9.88 Å². The SMILES string of the molecule is CN(C)C(C)(C)COc1nc(C(=O)O)ccc1[N+](=O)[O-]. The topological polar surface area (TPSA) is 106 Å². The molecule has 0 fully saturated rings. The van der Waals surface area contributed by atoms with Crippen molar-refractivity contribution in [1.29, 1.82) is 0 Å². The van der Waals surface area contributed by atoms with Crippen molar-refractivity contribution in [3.8, 4) is 5.88 Å². The summed E-state index contributed by atoms with van der Waals surface area (Å²) in [4.78, 5) is 26.6. The number of aromatic nitrogens is 1. The van der Waals surface area contributed by atoms with Crippen LogP contribution in [-0.4, -0.2) is 52.1 Å². The van der Waals surface area contributed by atoms with Gasteiger partial charge in [0.05, 0.1) is 4.92 Å². The predicted octanol–water partition coefficient (Wildman–Crippen LogP) is 1.41. The van der Waals surface area contributed by atoms with Crippen LogP contribution in [0, 0.1) is 10.1 Å². The number of pyridine rings is 1. The summed E-state index contributed by atoms with van der Waals surface area (Å²) in [5.74, 6) is -1.55. The van der Waals surface area contributed by atoms with Crippen molar-refractivity contribution >= 4 is 11.7 Å². The molecule has 110 valence electrons. The highest BCUT2D eigenvalue weighted by Gasteiger charge is 2.25. The Hall–Kier alpha value is -2.22. The maximum absolute atomic E-state index is 10.9. The molecule has 0 aliphatic rings. The molecule has 1 N–H and O–H groups in total. The fourth-order valence-corrected chi connectivity index (χ4v) is 1.17. The van der Waals surface area contributed by atoms with Crippen LogP contribution in [0.4, 0.5) is 5.69 Å². The number of likely N-dealkylation sites (N-methyl/N-ethyl adjacent to an activating group) is 1. The van der Waals surface area contributed by atoms with Gasteiger partial charge in [-0.2, -0.15) is 0 Å². The van der Waals surface area contributed by atoms with Gasteiger partial charge in [-0.05, 0) is 34.0 Å². The second-order valence-corrected chi connectivity index (χ2v) is 5.08. The molecule has 0 saturated carbocycles. The molecule has 8 nitrogen and oxygen atoms in total. The maximum Gasteiger partial charge on any atom is 0.354 e. The summed E-state index contributed by atoms with van der Waals surface area (Å²) in [7, 11) is 3.69. The maximum atomic E-state index is 10.9. The van der Waals surface area contributed by atoms with Crippen LogP contribution < -0.4 is 4.74 Å². The molecule has 0 aromatic carbocycles. The van der Waals surface area contributed by atoms with Crippen LogP contribution in [0.15, 0.2) is 12.1 Å². The van der Waals surface area contributed by atoms with Crippen LogP contribution in [0.1, 0.15) is 24.3 Å². The summed E-state index contributed by atoms with van der Waals surface area (Å²) in [6.07, 6.45) is 0. The third-order valence-corrected chi connectivity index (χ3v) is 3.03. The second kappa shape index (κ2) is 5.83. The predicted molar refractivity (Wildman–Crippen MR) is 71.1 cm³/mol. The van der Waals surface area contributed by atoms with Crippen molar-refractivity contribution in [2.24, 2.45) is 0 Å². The monoisotopic (exact) mass is 283 g/mol. The molecule has 0 unspecified atom stereocenters. The number of rotatable bonds is 6. The van der Waals surface area contributed by atoms with Crippen LogP contribution in [0.2, 0.25) is 0 Å². The number of carbonyl (C=O) groups is 1. The summed E-state index contributed by atoms with van der Waals surface area (Å²) in [6.45, 7) is 3.91. The molecule has 0 atom stereocenters. The minimum Gasteiger partial charge on any atom is -0.477 e. The second-order valence-electron chi connectivity index (χ2n) is 5.08. The van der Waals surface area contributed by atoms with Gasteiger partial charge in [0.1, 0.15) is 6.61 Å². The molecule has 8 heteroatoms. The van der Waals surface area contributed by atoms with Crippen molar-refractivity contribution in [2.45, 2.75) is 19.4 Å². The van der Waals surface area contributed by atoms with E-state index in [9.17, 15) is 14.9 Å². The summed E-state index contributed by atoms with van der Waals surface area (Å²) < 4.78 is 5.36. The lowest BCUT2D eigenvalue weighted by atomic mass is 10.1. The van der Waals surface area contributed by atoms with E-state index in [-0.39, 0.29) is 29.4 Å². The van der Waals surface area contributed by atoms with Crippen LogP contribution in [-0.2, 0) is 0 Å². The van der Waals surface area contributed by atoms with Crippen LogP contribution in [0.3, 0.4) is 0 Å². The van der Waals surface area contributed by atoms with Gasteiger partial charge in [0.15, 0.2) is 5.69 Å². The first kappa shape index (κ1) is 15.8. The van der Waals surface area contributed by atoms with Crippen molar-refractivity contribution < 1.29 is 19.6 Å². The van der Waals surface area contributed by atoms with Crippen molar-refractivity contribution in [3.63, 3.8) is 0 Å². The Morgan fingerprint density at radius 3 is 2.55 bits per heavy atom. The molecule has 0 aliphatic heterocycles. The molecule has 0 bridgehead atoms. The van der Waals surface area contributed by atoms with Crippen LogP contribution in [0.5, 0.6) is 5.88 Å². The number of hydrogen-bond acceptors (Lipinski definition) is 6. The Kier molecular flexibility index (Phi) is 4.61. The average molecular weight is 283 g/mol. The molecule has 1 aromatic heterocycles. The van der Waals surface area contributed by atoms with Gasteiger partial charge in [-0.1, -0.05) is 0 Å². The van der Waals surface area contributed by atoms with Gasteiger partial charge >= 0.3 is 11.7 Å². The van der Waals surface area contributed by atoms with E-state index in [2.05, 4.69) is 4.98 Å². The smallest absolute Gasteiger partial charge is 0.354 e. The van der Waals surface area contributed by atoms with Crippen LogP contribution in [0.25, 0.3) is 0 Å². The van der Waals surface area contributed by atoms with E-state index in [4.69, 9.17) is 9.84 Å². The van der Waals surface area contributed by atoms with Gasteiger partial charge in [-0.3, -0.25) is 10.1 Å². The minimum absolute atomic E-state index is 0.136. The first-order valence-corrected chi connectivity index (χ1v) is 5.84. The zero-order chi connectivity index (χ0) is 15.5. The summed E-state index contributed by atoms with van der Waals surface area (Å²) in [5, 5.41) is 19.7. The third kappa shape index (κ3) is 3.64. The quantitative estimate of drug-likeness (QED) is 0.621. The van der Waals surface area contributed by atoms with Gasteiger partial charge in [0, 0.05) is 11.6 Å². The summed E-state index contributed by atoms with van der Waals surface area (Å²) in [5.41, 5.74) is -1.03. The fourth-order valence-electron chi connectivity index (χ4n) is 1.17. The number of nitro groups is 1. The molecule has 1 aromatic rings. The molecule has 1 heterocycles. The molecule has 0 spiro atoms. The van der Waals surface area contributed by atoms with Crippen LogP contribution >= 0.6 is 0 Å². The Labute approximate surface area is 116 Å². The van der Waals surface area contributed by atoms with Gasteiger partial charge in [-0.15, -0.1) is 0 Å². The molecule has 0 radical (unpaired) electrons. The number of ether oxygens (including phenoxy) is 1. The summed E-state index contributed by atoms with van der Waals surface area (Å²) in [6, 6.07) is 2.15. The van der Waals surface area contributed by atoms with E-state index < -0.39 is 10.9 Å². The Morgan fingerprint density at radius 2 is 2.10 bits per heavy atom. The van der Waals surface area contributed by atoms with E-state index >= 15 is 0 Å². The van der Waals surface area contributed by atoms with E-state index in [0.29, 0.717) is 0 Å². The number of carboxylic acid groups (broad SMARTS) is 1. The van der Waals surface area contributed by atoms with Gasteiger partial charge in [0.2, 0.25) is 0 Å². The van der Waals surface area contributed by atoms with Gasteiger partial charge in [-0.25, -0.2) is 9.78 Å². The largest absolute Gasteiger partial charge is 0.477 e. The normalized spacial score (nSPS) is 11.4. The zero-order valence-electron chi connectivity index (χ0n) is 11.8. The van der Waals surface area contributed by atoms with E-state index in [1.165, 1.54) is 0 Å². The number of carboxylic acids is 1. The lowest BCUT2D eigenvalue weighted by molar-refractivity contribution is -0.386. The highest BCUT2D eigenvalue weighted by molar-refractivity contribution is 5.85. The molecule has 20 heavy (non-hydrogen) atoms. The Balaban J connectivity index is 3.05. The van der Waals surface area contributed by atoms with Crippen molar-refractivity contribution in [3.05, 3.63) is 27.9 Å². The highest BCUT2D eigenvalue weighted by Crippen LogP contribution is 2.26. The minimum atomic E-state index is -1.27. The standard InChI is InChI=1S/C12H17N3O5/c1-12(2,14(3)4)7-20-10-9(15(18)19)6-5-8(13-10)11(16)17/h5-6H,7H2,1-4H3,(H,16,17). The Bertz CT molecular complexity index is 528. The van der Waals surface area contributed by atoms with E-state index in [1.54, 1.807) is 0 Å². The highest BCUT2D eigenvalue weighted by atomic mass is 16.6. The van der Waals surface area contributed by atoms with E-state index in [0.717, 1.165) is 12.1 Å². The number of nitrogens with zero attached hydrogens (tertiary/aromatic N) is 3. The molecular formula is C12H17N3O5. The zero-order valence-corrected chi connectivity index (χ0v) is 11.8. The molecular weight excluding hydrogens is 266 g/mol. The molecule has 1 rings (SSSR count). The lowest BCUT2D eigenvalue weighted by Gasteiger charge is -2.31. The Morgan fingerprint density at radius 1 is 1.50 bits per heavy atom. The van der Waals surface area contributed by atoms with Crippen molar-refractivity contribution in [2.75, 3.05) is 20.7 Å². The van der Waals surface area contributed by atoms with E-state index in [1.807, 2.05) is 32.8 Å². The van der Waals surface area contributed by atoms with Gasteiger partial charge < -0.3 is 14.7 Å². The number of hydrogen-bond donors (Lipinski definition) is 1. The molecule has 0 saturated heterocycles. The molecule has 0 amide bonds. The fraction of sp³-hybridized carbons (Fsp3) is 0.500. The summed E-state index contributed by atoms with van der Waals surface area (Å²) >= 11 is 0. The molecule has 0 aliphatic carbocycles. The first-order chi connectivity index (χ1) is 9.15. The lowest BCUT2D eigenvalue weighted by Crippen LogP contribution is -2.43. The first-order valence-electron chi connectivity index (χ1n) is 5.84.